The van der Waals surface area contributed by atoms with Gasteiger partial charge in [0, 0.05) is 23.5 Å². The van der Waals surface area contributed by atoms with E-state index in [1.165, 1.54) is 6.08 Å². The van der Waals surface area contributed by atoms with Gasteiger partial charge in [0.15, 0.2) is 0 Å². The van der Waals surface area contributed by atoms with Crippen LogP contribution in [0.3, 0.4) is 0 Å². The van der Waals surface area contributed by atoms with Crippen LogP contribution in [0, 0.1) is 0 Å². The van der Waals surface area contributed by atoms with E-state index in [-0.39, 0.29) is 5.91 Å². The Kier molecular flexibility index (Phi) is 4.11. The summed E-state index contributed by atoms with van der Waals surface area (Å²) in [6, 6.07) is 19.2. The van der Waals surface area contributed by atoms with Gasteiger partial charge in [0.1, 0.15) is 0 Å². The summed E-state index contributed by atoms with van der Waals surface area (Å²) in [6.45, 7) is 0. The van der Waals surface area contributed by atoms with Gasteiger partial charge >= 0.3 is 0 Å². The highest BCUT2D eigenvalue weighted by atomic mass is 16.1. The van der Waals surface area contributed by atoms with Crippen LogP contribution in [0.15, 0.2) is 79.1 Å². The first kappa shape index (κ1) is 13.8. The quantitative estimate of drug-likeness (QED) is 0.747. The lowest BCUT2D eigenvalue weighted by Crippen LogP contribution is -2.07. The highest BCUT2D eigenvalue weighted by Crippen LogP contribution is 2.09. The second kappa shape index (κ2) is 6.54. The Morgan fingerprint density at radius 1 is 1.00 bits per heavy atom. The molecule has 3 aromatic rings. The number of carbonyl (C=O) groups is 1. The molecule has 0 spiro atoms. The summed E-state index contributed by atoms with van der Waals surface area (Å²) < 4.78 is 1.77. The smallest absolute Gasteiger partial charge is 0.248 e. The van der Waals surface area contributed by atoms with Crippen molar-refractivity contribution < 1.29 is 4.79 Å². The summed E-state index contributed by atoms with van der Waals surface area (Å²) in [4.78, 5) is 11.8. The van der Waals surface area contributed by atoms with E-state index in [9.17, 15) is 4.79 Å². The van der Waals surface area contributed by atoms with Crippen molar-refractivity contribution in [2.24, 2.45) is 0 Å². The Balaban J connectivity index is 1.66. The number of amides is 1. The number of rotatable bonds is 4. The zero-order chi connectivity index (χ0) is 15.2. The number of aromatic nitrogens is 2. The minimum Gasteiger partial charge on any atom is -0.323 e. The third-order valence-corrected chi connectivity index (χ3v) is 3.09. The van der Waals surface area contributed by atoms with Gasteiger partial charge in [-0.15, -0.1) is 0 Å². The van der Waals surface area contributed by atoms with E-state index in [2.05, 4.69) is 10.4 Å². The Morgan fingerprint density at radius 3 is 2.41 bits per heavy atom. The van der Waals surface area contributed by atoms with Gasteiger partial charge in [0.2, 0.25) is 5.91 Å². The van der Waals surface area contributed by atoms with Crippen molar-refractivity contribution >= 4 is 17.7 Å². The maximum Gasteiger partial charge on any atom is 0.248 e. The molecule has 4 heteroatoms. The normalized spacial score (nSPS) is 10.7. The molecule has 0 unspecified atom stereocenters. The minimum atomic E-state index is -0.168. The molecule has 0 aliphatic rings. The molecule has 0 saturated heterocycles. The van der Waals surface area contributed by atoms with Crippen LogP contribution in [-0.4, -0.2) is 15.7 Å². The molecule has 1 aromatic heterocycles. The van der Waals surface area contributed by atoms with Crippen molar-refractivity contribution in [2.75, 3.05) is 5.32 Å². The summed E-state index contributed by atoms with van der Waals surface area (Å²) in [5.74, 6) is -0.168. The molecule has 2 aromatic carbocycles. The average molecular weight is 289 g/mol. The van der Waals surface area contributed by atoms with Gasteiger partial charge in [-0.3, -0.25) is 4.79 Å². The van der Waals surface area contributed by atoms with Crippen molar-refractivity contribution in [1.82, 2.24) is 9.78 Å². The van der Waals surface area contributed by atoms with Crippen LogP contribution in [0.2, 0.25) is 0 Å². The van der Waals surface area contributed by atoms with Gasteiger partial charge in [-0.05, 0) is 30.3 Å². The van der Waals surface area contributed by atoms with Crippen LogP contribution in [0.5, 0.6) is 0 Å². The lowest BCUT2D eigenvalue weighted by Gasteiger charge is -2.00. The fraction of sp³-hybridized carbons (Fsp3) is 0. The fourth-order valence-electron chi connectivity index (χ4n) is 2.02. The average Bonchev–Trinajstić information content (AvgIpc) is 3.04. The van der Waals surface area contributed by atoms with E-state index in [4.69, 9.17) is 0 Å². The van der Waals surface area contributed by atoms with Gasteiger partial charge in [0.25, 0.3) is 0 Å². The van der Waals surface area contributed by atoms with Crippen LogP contribution in [0.4, 0.5) is 5.69 Å². The molecule has 0 aliphatic carbocycles. The molecular formula is C18H15N3O. The van der Waals surface area contributed by atoms with Crippen molar-refractivity contribution in [1.29, 1.82) is 0 Å². The molecule has 0 radical (unpaired) electrons. The number of nitrogens with one attached hydrogen (secondary N) is 1. The zero-order valence-corrected chi connectivity index (χ0v) is 11.9. The van der Waals surface area contributed by atoms with Crippen molar-refractivity contribution in [3.8, 4) is 5.69 Å². The van der Waals surface area contributed by atoms with Gasteiger partial charge in [-0.25, -0.2) is 4.68 Å². The summed E-state index contributed by atoms with van der Waals surface area (Å²) in [5, 5.41) is 7.08. The number of hydrogen-bond acceptors (Lipinski definition) is 2. The van der Waals surface area contributed by atoms with Crippen LogP contribution < -0.4 is 5.32 Å². The number of carbonyl (C=O) groups excluding carboxylic acids is 1. The molecule has 0 fully saturated rings. The first-order valence-corrected chi connectivity index (χ1v) is 6.95. The van der Waals surface area contributed by atoms with E-state index >= 15 is 0 Å². The molecule has 108 valence electrons. The van der Waals surface area contributed by atoms with Gasteiger partial charge in [-0.2, -0.15) is 5.10 Å². The van der Waals surface area contributed by atoms with Crippen molar-refractivity contribution in [2.45, 2.75) is 0 Å². The molecule has 22 heavy (non-hydrogen) atoms. The lowest BCUT2D eigenvalue weighted by molar-refractivity contribution is -0.111. The Bertz CT molecular complexity index is 776. The van der Waals surface area contributed by atoms with Crippen LogP contribution >= 0.6 is 0 Å². The topological polar surface area (TPSA) is 46.9 Å². The second-order valence-corrected chi connectivity index (χ2v) is 4.74. The molecule has 1 amide bonds. The predicted molar refractivity (Wildman–Crippen MR) is 87.7 cm³/mol. The van der Waals surface area contributed by atoms with Gasteiger partial charge in [0.05, 0.1) is 11.9 Å². The molecule has 0 aliphatic heterocycles. The third kappa shape index (κ3) is 3.49. The monoisotopic (exact) mass is 289 g/mol. The summed E-state index contributed by atoms with van der Waals surface area (Å²) in [5.41, 5.74) is 2.63. The Morgan fingerprint density at radius 2 is 1.68 bits per heavy atom. The second-order valence-electron chi connectivity index (χ2n) is 4.74. The largest absolute Gasteiger partial charge is 0.323 e. The van der Waals surface area contributed by atoms with Crippen LogP contribution in [0.1, 0.15) is 5.56 Å². The van der Waals surface area contributed by atoms with Gasteiger partial charge in [-0.1, -0.05) is 36.4 Å². The number of para-hydroxylation sites is 2. The summed E-state index contributed by atoms with van der Waals surface area (Å²) >= 11 is 0. The SMILES string of the molecule is O=C(C=Cc1cnn(-c2ccccc2)c1)Nc1ccccc1. The minimum absolute atomic E-state index is 0.168. The fourth-order valence-corrected chi connectivity index (χ4v) is 2.02. The van der Waals surface area contributed by atoms with E-state index in [0.29, 0.717) is 0 Å². The first-order valence-electron chi connectivity index (χ1n) is 6.95. The molecule has 4 nitrogen and oxygen atoms in total. The molecule has 0 bridgehead atoms. The first-order chi connectivity index (χ1) is 10.8. The number of hydrogen-bond donors (Lipinski definition) is 1. The van der Waals surface area contributed by atoms with E-state index < -0.39 is 0 Å². The summed E-state index contributed by atoms with van der Waals surface area (Å²) in [6.07, 6.45) is 6.84. The highest BCUT2D eigenvalue weighted by molar-refractivity contribution is 6.01. The maximum atomic E-state index is 11.8. The Labute approximate surface area is 128 Å². The molecular weight excluding hydrogens is 274 g/mol. The Hall–Kier alpha value is -3.14. The predicted octanol–water partition coefficient (Wildman–Crippen LogP) is 3.52. The molecule has 0 saturated carbocycles. The highest BCUT2D eigenvalue weighted by Gasteiger charge is 2.00. The van der Waals surface area contributed by atoms with E-state index in [1.807, 2.05) is 66.9 Å². The van der Waals surface area contributed by atoms with E-state index in [0.717, 1.165) is 16.9 Å². The lowest BCUT2D eigenvalue weighted by atomic mass is 10.3. The molecule has 1 N–H and O–H groups in total. The number of nitrogens with zero attached hydrogens (tertiary/aromatic N) is 2. The number of benzene rings is 2. The van der Waals surface area contributed by atoms with Crippen molar-refractivity contribution in [3.05, 3.63) is 84.7 Å². The van der Waals surface area contributed by atoms with Crippen LogP contribution in [0.25, 0.3) is 11.8 Å². The number of anilines is 1. The third-order valence-electron chi connectivity index (χ3n) is 3.09. The van der Waals surface area contributed by atoms with E-state index in [1.54, 1.807) is 17.0 Å². The molecule has 3 rings (SSSR count). The van der Waals surface area contributed by atoms with Crippen molar-refractivity contribution in [3.63, 3.8) is 0 Å². The molecule has 0 atom stereocenters. The van der Waals surface area contributed by atoms with Gasteiger partial charge < -0.3 is 5.32 Å². The zero-order valence-electron chi connectivity index (χ0n) is 11.9. The molecule has 1 heterocycles. The maximum absolute atomic E-state index is 11.8. The summed E-state index contributed by atoms with van der Waals surface area (Å²) in [7, 11) is 0. The standard InChI is InChI=1S/C18H15N3O/c22-18(20-16-7-3-1-4-8-16)12-11-15-13-19-21(14-15)17-9-5-2-6-10-17/h1-14H,(H,20,22). The van der Waals surface area contributed by atoms with Crippen LogP contribution in [-0.2, 0) is 4.79 Å².